The zero-order valence-corrected chi connectivity index (χ0v) is 12.8. The highest BCUT2D eigenvalue weighted by molar-refractivity contribution is 9.10. The van der Waals surface area contributed by atoms with Gasteiger partial charge in [-0.05, 0) is 25.0 Å². The second-order valence-corrected chi connectivity index (χ2v) is 5.51. The fourth-order valence-corrected chi connectivity index (χ4v) is 2.79. The van der Waals surface area contributed by atoms with Gasteiger partial charge in [0, 0.05) is 4.47 Å². The van der Waals surface area contributed by atoms with Crippen molar-refractivity contribution in [3.63, 3.8) is 0 Å². The van der Waals surface area contributed by atoms with Gasteiger partial charge in [0.05, 0.1) is 22.6 Å². The number of halogens is 3. The summed E-state index contributed by atoms with van der Waals surface area (Å²) in [4.78, 5) is 10.8. The Labute approximate surface area is 124 Å². The minimum absolute atomic E-state index is 0.270. The third kappa shape index (κ3) is 4.34. The fourth-order valence-electron chi connectivity index (χ4n) is 1.47. The predicted molar refractivity (Wildman–Crippen MR) is 75.7 cm³/mol. The van der Waals surface area contributed by atoms with Gasteiger partial charge in [0.15, 0.2) is 5.75 Å². The van der Waals surface area contributed by atoms with E-state index >= 15 is 0 Å². The van der Waals surface area contributed by atoms with E-state index in [0.29, 0.717) is 28.6 Å². The van der Waals surface area contributed by atoms with Crippen LogP contribution in [0.3, 0.4) is 0 Å². The number of rotatable bonds is 6. The van der Waals surface area contributed by atoms with Gasteiger partial charge in [-0.2, -0.15) is 0 Å². The largest absolute Gasteiger partial charge is 0.490 e. The molecule has 1 unspecified atom stereocenters. The molecule has 0 amide bonds. The minimum atomic E-state index is -0.811. The Morgan fingerprint density at radius 3 is 2.44 bits per heavy atom. The van der Waals surface area contributed by atoms with Crippen LogP contribution in [0.1, 0.15) is 19.8 Å². The normalized spacial score (nSPS) is 12.2. The number of carbonyl (C=O) groups is 1. The molecule has 1 N–H and O–H groups in total. The second-order valence-electron chi connectivity index (χ2n) is 3.78. The van der Waals surface area contributed by atoms with Crippen molar-refractivity contribution in [3.05, 3.63) is 26.7 Å². The molecule has 0 saturated carbocycles. The zero-order valence-electron chi connectivity index (χ0n) is 9.75. The van der Waals surface area contributed by atoms with Crippen molar-refractivity contribution in [2.75, 3.05) is 6.61 Å². The average Bonchev–Trinajstić information content (AvgIpc) is 2.26. The van der Waals surface area contributed by atoms with Gasteiger partial charge >= 0.3 is 5.97 Å². The number of carboxylic acids is 1. The highest BCUT2D eigenvalue weighted by Gasteiger charge is 2.16. The summed E-state index contributed by atoms with van der Waals surface area (Å²) in [5.41, 5.74) is 0. The van der Waals surface area contributed by atoms with Crippen molar-refractivity contribution in [1.82, 2.24) is 0 Å². The van der Waals surface area contributed by atoms with E-state index in [9.17, 15) is 4.79 Å². The molecule has 0 radical (unpaired) electrons. The topological polar surface area (TPSA) is 46.5 Å². The molecule has 0 fully saturated rings. The first kappa shape index (κ1) is 15.6. The summed E-state index contributed by atoms with van der Waals surface area (Å²) >= 11 is 15.2. The Bertz CT molecular complexity index is 414. The Kier molecular flexibility index (Phi) is 6.26. The van der Waals surface area contributed by atoms with Crippen LogP contribution in [0.15, 0.2) is 16.6 Å². The van der Waals surface area contributed by atoms with Crippen LogP contribution in [0, 0.1) is 5.92 Å². The maximum Gasteiger partial charge on any atom is 0.306 e. The van der Waals surface area contributed by atoms with E-state index in [0.717, 1.165) is 4.47 Å². The van der Waals surface area contributed by atoms with Crippen molar-refractivity contribution in [1.29, 1.82) is 0 Å². The van der Waals surface area contributed by atoms with Crippen LogP contribution in [-0.4, -0.2) is 17.7 Å². The number of benzene rings is 1. The molecule has 0 aliphatic carbocycles. The lowest BCUT2D eigenvalue weighted by molar-refractivity contribution is -0.142. The van der Waals surface area contributed by atoms with E-state index < -0.39 is 11.9 Å². The van der Waals surface area contributed by atoms with Gasteiger partial charge < -0.3 is 9.84 Å². The average molecular weight is 356 g/mol. The molecule has 0 aliphatic heterocycles. The summed E-state index contributed by atoms with van der Waals surface area (Å²) in [6, 6.07) is 3.36. The molecule has 18 heavy (non-hydrogen) atoms. The monoisotopic (exact) mass is 354 g/mol. The summed E-state index contributed by atoms with van der Waals surface area (Å²) in [6.07, 6.45) is 0.995. The van der Waals surface area contributed by atoms with Crippen LogP contribution in [0.25, 0.3) is 0 Å². The van der Waals surface area contributed by atoms with E-state index in [1.807, 2.05) is 6.92 Å². The SMILES string of the molecule is CCC(CCOc1c(Cl)cc(Br)cc1Cl)C(=O)O. The standard InChI is InChI=1S/C12H13BrCl2O3/c1-2-7(12(16)17)3-4-18-11-9(14)5-8(13)6-10(11)15/h5-7H,2-4H2,1H3,(H,16,17). The molecule has 0 bridgehead atoms. The Morgan fingerprint density at radius 1 is 1.44 bits per heavy atom. The van der Waals surface area contributed by atoms with Gasteiger partial charge in [0.25, 0.3) is 0 Å². The lowest BCUT2D eigenvalue weighted by atomic mass is 10.0. The molecule has 0 heterocycles. The maximum atomic E-state index is 10.8. The minimum Gasteiger partial charge on any atom is -0.490 e. The number of aliphatic carboxylic acids is 1. The summed E-state index contributed by atoms with van der Waals surface area (Å²) in [6.45, 7) is 2.10. The molecule has 0 spiro atoms. The maximum absolute atomic E-state index is 10.8. The van der Waals surface area contributed by atoms with Crippen LogP contribution in [0.4, 0.5) is 0 Å². The summed E-state index contributed by atoms with van der Waals surface area (Å²) < 4.78 is 6.22. The molecule has 1 atom stereocenters. The second kappa shape index (κ2) is 7.22. The van der Waals surface area contributed by atoms with Gasteiger partial charge in [0.2, 0.25) is 0 Å². The molecule has 1 aromatic rings. The molecule has 6 heteroatoms. The van der Waals surface area contributed by atoms with E-state index in [-0.39, 0.29) is 6.61 Å². The quantitative estimate of drug-likeness (QED) is 0.808. The highest BCUT2D eigenvalue weighted by Crippen LogP contribution is 2.36. The van der Waals surface area contributed by atoms with Crippen molar-refractivity contribution < 1.29 is 14.6 Å². The van der Waals surface area contributed by atoms with E-state index in [1.54, 1.807) is 12.1 Å². The van der Waals surface area contributed by atoms with Gasteiger partial charge in [-0.1, -0.05) is 46.1 Å². The van der Waals surface area contributed by atoms with Crippen LogP contribution in [0.5, 0.6) is 5.75 Å². The molecule has 100 valence electrons. The molecule has 3 nitrogen and oxygen atoms in total. The van der Waals surface area contributed by atoms with Crippen LogP contribution < -0.4 is 4.74 Å². The first-order valence-corrected chi connectivity index (χ1v) is 7.00. The molecule has 0 aliphatic rings. The summed E-state index contributed by atoms with van der Waals surface area (Å²) in [5.74, 6) is -0.825. The third-order valence-corrected chi connectivity index (χ3v) is 3.54. The van der Waals surface area contributed by atoms with Crippen molar-refractivity contribution >= 4 is 45.1 Å². The van der Waals surface area contributed by atoms with Gasteiger partial charge in [-0.3, -0.25) is 4.79 Å². The van der Waals surface area contributed by atoms with E-state index in [1.165, 1.54) is 0 Å². The van der Waals surface area contributed by atoms with Gasteiger partial charge in [-0.15, -0.1) is 0 Å². The number of hydrogen-bond acceptors (Lipinski definition) is 2. The van der Waals surface area contributed by atoms with Gasteiger partial charge in [0.1, 0.15) is 0 Å². The lowest BCUT2D eigenvalue weighted by Crippen LogP contribution is -2.16. The first-order valence-electron chi connectivity index (χ1n) is 5.45. The smallest absolute Gasteiger partial charge is 0.306 e. The first-order chi connectivity index (χ1) is 8.45. The van der Waals surface area contributed by atoms with Gasteiger partial charge in [-0.25, -0.2) is 0 Å². The summed E-state index contributed by atoms with van der Waals surface area (Å²) in [7, 11) is 0. The molecule has 0 saturated heterocycles. The molecule has 1 rings (SSSR count). The van der Waals surface area contributed by atoms with E-state index in [4.69, 9.17) is 33.0 Å². The zero-order chi connectivity index (χ0) is 13.7. The number of hydrogen-bond donors (Lipinski definition) is 1. The molecule has 0 aromatic heterocycles. The Morgan fingerprint density at radius 2 is 2.00 bits per heavy atom. The van der Waals surface area contributed by atoms with Crippen LogP contribution >= 0.6 is 39.1 Å². The van der Waals surface area contributed by atoms with E-state index in [2.05, 4.69) is 15.9 Å². The van der Waals surface area contributed by atoms with Crippen molar-refractivity contribution in [3.8, 4) is 5.75 Å². The lowest BCUT2D eigenvalue weighted by Gasteiger charge is -2.13. The Balaban J connectivity index is 2.62. The van der Waals surface area contributed by atoms with Crippen molar-refractivity contribution in [2.24, 2.45) is 5.92 Å². The third-order valence-electron chi connectivity index (χ3n) is 2.52. The van der Waals surface area contributed by atoms with Crippen molar-refractivity contribution in [2.45, 2.75) is 19.8 Å². The van der Waals surface area contributed by atoms with Crippen LogP contribution in [-0.2, 0) is 4.79 Å². The predicted octanol–water partition coefficient (Wildman–Crippen LogP) is 4.64. The Hall–Kier alpha value is -0.450. The molecule has 1 aromatic carbocycles. The highest BCUT2D eigenvalue weighted by atomic mass is 79.9. The van der Waals surface area contributed by atoms with Crippen LogP contribution in [0.2, 0.25) is 10.0 Å². The fraction of sp³-hybridized carbons (Fsp3) is 0.417. The number of ether oxygens (including phenoxy) is 1. The molecular weight excluding hydrogens is 343 g/mol. The number of carboxylic acid groups (broad SMARTS) is 1. The molecular formula is C12H13BrCl2O3. The summed E-state index contributed by atoms with van der Waals surface area (Å²) in [5, 5.41) is 9.70.